The molecular formula is C11H12ClN3O2. The van der Waals surface area contributed by atoms with Gasteiger partial charge in [0.05, 0.1) is 5.56 Å². The van der Waals surface area contributed by atoms with Crippen molar-refractivity contribution in [2.45, 2.75) is 13.5 Å². The summed E-state index contributed by atoms with van der Waals surface area (Å²) in [6.07, 6.45) is 0. The van der Waals surface area contributed by atoms with Gasteiger partial charge in [-0.2, -0.15) is 4.98 Å². The third-order valence-electron chi connectivity index (χ3n) is 2.15. The van der Waals surface area contributed by atoms with Crippen molar-refractivity contribution in [2.24, 2.45) is 0 Å². The van der Waals surface area contributed by atoms with Gasteiger partial charge in [-0.05, 0) is 25.1 Å². The molecule has 0 unspecified atom stereocenters. The monoisotopic (exact) mass is 253 g/mol. The molecule has 0 spiro atoms. The predicted octanol–water partition coefficient (Wildman–Crippen LogP) is 2.51. The zero-order chi connectivity index (χ0) is 12.3. The Bertz CT molecular complexity index is 513. The molecule has 0 amide bonds. The lowest BCUT2D eigenvalue weighted by atomic mass is 10.2. The molecule has 0 saturated heterocycles. The number of hydrogen-bond donors (Lipinski definition) is 1. The van der Waals surface area contributed by atoms with Crippen molar-refractivity contribution in [1.29, 1.82) is 0 Å². The number of rotatable bonds is 4. The van der Waals surface area contributed by atoms with Crippen molar-refractivity contribution >= 4 is 17.3 Å². The molecule has 90 valence electrons. The van der Waals surface area contributed by atoms with E-state index in [1.807, 2.05) is 6.92 Å². The molecule has 1 aromatic carbocycles. The van der Waals surface area contributed by atoms with Gasteiger partial charge >= 0.3 is 0 Å². The summed E-state index contributed by atoms with van der Waals surface area (Å²) >= 11 is 5.81. The fourth-order valence-corrected chi connectivity index (χ4v) is 1.52. The van der Waals surface area contributed by atoms with E-state index in [4.69, 9.17) is 26.6 Å². The molecule has 5 nitrogen and oxygen atoms in total. The molecule has 0 fully saturated rings. The normalized spacial score (nSPS) is 10.7. The largest absolute Gasteiger partial charge is 0.398 e. The van der Waals surface area contributed by atoms with E-state index in [-0.39, 0.29) is 0 Å². The summed E-state index contributed by atoms with van der Waals surface area (Å²) in [6.45, 7) is 2.83. The summed E-state index contributed by atoms with van der Waals surface area (Å²) in [6, 6.07) is 5.11. The average molecular weight is 254 g/mol. The Hall–Kier alpha value is -1.59. The van der Waals surface area contributed by atoms with Gasteiger partial charge in [0.15, 0.2) is 5.82 Å². The highest BCUT2D eigenvalue weighted by atomic mass is 35.5. The molecular weight excluding hydrogens is 242 g/mol. The van der Waals surface area contributed by atoms with Crippen molar-refractivity contribution in [3.63, 3.8) is 0 Å². The zero-order valence-corrected chi connectivity index (χ0v) is 10.1. The highest BCUT2D eigenvalue weighted by Crippen LogP contribution is 2.27. The number of halogens is 1. The van der Waals surface area contributed by atoms with Crippen LogP contribution in [-0.4, -0.2) is 16.7 Å². The zero-order valence-electron chi connectivity index (χ0n) is 9.31. The first kappa shape index (κ1) is 11.9. The number of nitrogens with zero attached hydrogens (tertiary/aromatic N) is 2. The van der Waals surface area contributed by atoms with E-state index >= 15 is 0 Å². The summed E-state index contributed by atoms with van der Waals surface area (Å²) in [7, 11) is 0. The second-order valence-corrected chi connectivity index (χ2v) is 3.82. The van der Waals surface area contributed by atoms with Crippen LogP contribution in [0.2, 0.25) is 5.02 Å². The lowest BCUT2D eigenvalue weighted by molar-refractivity contribution is 0.126. The van der Waals surface area contributed by atoms with E-state index in [0.717, 1.165) is 0 Å². The maximum Gasteiger partial charge on any atom is 0.260 e. The van der Waals surface area contributed by atoms with E-state index < -0.39 is 0 Å². The van der Waals surface area contributed by atoms with Crippen LogP contribution < -0.4 is 5.73 Å². The Labute approximate surface area is 104 Å². The molecule has 0 aliphatic heterocycles. The van der Waals surface area contributed by atoms with Crippen LogP contribution in [0.15, 0.2) is 22.7 Å². The maximum absolute atomic E-state index is 5.82. The Balaban J connectivity index is 2.24. The molecule has 0 aliphatic rings. The molecule has 17 heavy (non-hydrogen) atoms. The van der Waals surface area contributed by atoms with Gasteiger partial charge in [0.1, 0.15) is 6.61 Å². The first-order chi connectivity index (χ1) is 8.20. The molecule has 2 rings (SSSR count). The minimum absolute atomic E-state index is 0.327. The number of nitrogen functional groups attached to an aromatic ring is 1. The smallest absolute Gasteiger partial charge is 0.260 e. The molecule has 0 radical (unpaired) electrons. The highest BCUT2D eigenvalue weighted by molar-refractivity contribution is 6.31. The second-order valence-electron chi connectivity index (χ2n) is 3.38. The lowest BCUT2D eigenvalue weighted by Crippen LogP contribution is -1.94. The SMILES string of the molecule is CCOCc1noc(-c2ccc(Cl)cc2N)n1. The quantitative estimate of drug-likeness (QED) is 0.848. The van der Waals surface area contributed by atoms with Crippen molar-refractivity contribution in [2.75, 3.05) is 12.3 Å². The van der Waals surface area contributed by atoms with Crippen molar-refractivity contribution in [3.05, 3.63) is 29.0 Å². The van der Waals surface area contributed by atoms with E-state index in [2.05, 4.69) is 10.1 Å². The first-order valence-electron chi connectivity index (χ1n) is 5.16. The first-order valence-corrected chi connectivity index (χ1v) is 5.54. The number of anilines is 1. The van der Waals surface area contributed by atoms with Crippen LogP contribution in [0.5, 0.6) is 0 Å². The maximum atomic E-state index is 5.82. The molecule has 1 aromatic heterocycles. The Morgan fingerprint density at radius 2 is 2.29 bits per heavy atom. The summed E-state index contributed by atoms with van der Waals surface area (Å²) < 4.78 is 10.3. The van der Waals surface area contributed by atoms with Crippen LogP contribution >= 0.6 is 11.6 Å². The predicted molar refractivity (Wildman–Crippen MR) is 64.5 cm³/mol. The van der Waals surface area contributed by atoms with E-state index in [1.54, 1.807) is 18.2 Å². The Kier molecular flexibility index (Phi) is 3.61. The van der Waals surface area contributed by atoms with Crippen LogP contribution in [0, 0.1) is 0 Å². The van der Waals surface area contributed by atoms with Gasteiger partial charge in [-0.25, -0.2) is 0 Å². The molecule has 2 aromatic rings. The lowest BCUT2D eigenvalue weighted by Gasteiger charge is -2.00. The van der Waals surface area contributed by atoms with E-state index in [1.165, 1.54) is 0 Å². The third-order valence-corrected chi connectivity index (χ3v) is 2.38. The number of ether oxygens (including phenoxy) is 1. The molecule has 2 N–H and O–H groups in total. The molecule has 6 heteroatoms. The Morgan fingerprint density at radius 3 is 3.00 bits per heavy atom. The van der Waals surface area contributed by atoms with Crippen LogP contribution in [-0.2, 0) is 11.3 Å². The summed E-state index contributed by atoms with van der Waals surface area (Å²) in [5.41, 5.74) is 6.99. The van der Waals surface area contributed by atoms with Gasteiger partial charge in [0, 0.05) is 17.3 Å². The van der Waals surface area contributed by atoms with Crippen LogP contribution in [0.3, 0.4) is 0 Å². The van der Waals surface area contributed by atoms with Gasteiger partial charge < -0.3 is 15.0 Å². The van der Waals surface area contributed by atoms with E-state index in [9.17, 15) is 0 Å². The molecule has 0 atom stereocenters. The van der Waals surface area contributed by atoms with Crippen LogP contribution in [0.25, 0.3) is 11.5 Å². The number of aromatic nitrogens is 2. The van der Waals surface area contributed by atoms with E-state index in [0.29, 0.717) is 41.2 Å². The van der Waals surface area contributed by atoms with Crippen LogP contribution in [0.1, 0.15) is 12.7 Å². The number of benzene rings is 1. The average Bonchev–Trinajstić information content (AvgIpc) is 2.75. The fraction of sp³-hybridized carbons (Fsp3) is 0.273. The molecule has 0 bridgehead atoms. The minimum Gasteiger partial charge on any atom is -0.398 e. The second kappa shape index (κ2) is 5.16. The summed E-state index contributed by atoms with van der Waals surface area (Å²) in [5.74, 6) is 0.866. The van der Waals surface area contributed by atoms with Gasteiger partial charge in [0.25, 0.3) is 5.89 Å². The van der Waals surface area contributed by atoms with Crippen molar-refractivity contribution in [1.82, 2.24) is 10.1 Å². The van der Waals surface area contributed by atoms with Gasteiger partial charge in [-0.15, -0.1) is 0 Å². The van der Waals surface area contributed by atoms with Crippen molar-refractivity contribution < 1.29 is 9.26 Å². The van der Waals surface area contributed by atoms with Gasteiger partial charge in [-0.3, -0.25) is 0 Å². The minimum atomic E-state index is 0.327. The van der Waals surface area contributed by atoms with Crippen LogP contribution in [0.4, 0.5) is 5.69 Å². The van der Waals surface area contributed by atoms with Gasteiger partial charge in [-0.1, -0.05) is 16.8 Å². The molecule has 0 aliphatic carbocycles. The summed E-state index contributed by atoms with van der Waals surface area (Å²) in [5, 5.41) is 4.36. The molecule has 1 heterocycles. The highest BCUT2D eigenvalue weighted by Gasteiger charge is 2.11. The molecule has 0 saturated carbocycles. The topological polar surface area (TPSA) is 74.2 Å². The summed E-state index contributed by atoms with van der Waals surface area (Å²) in [4.78, 5) is 4.18. The standard InChI is InChI=1S/C11H12ClN3O2/c1-2-16-6-10-14-11(17-15-10)8-4-3-7(12)5-9(8)13/h3-5H,2,6,13H2,1H3. The Morgan fingerprint density at radius 1 is 1.47 bits per heavy atom. The third kappa shape index (κ3) is 2.75. The van der Waals surface area contributed by atoms with Gasteiger partial charge in [0.2, 0.25) is 0 Å². The fourth-order valence-electron chi connectivity index (χ4n) is 1.34. The number of hydrogen-bond acceptors (Lipinski definition) is 5. The number of nitrogens with two attached hydrogens (primary N) is 1. The van der Waals surface area contributed by atoms with Crippen molar-refractivity contribution in [3.8, 4) is 11.5 Å².